The number of nitrogens with one attached hydrogen (secondary N) is 4. The first-order chi connectivity index (χ1) is 31.7. The zero-order valence-corrected chi connectivity index (χ0v) is 38.3. The first-order valence-electron chi connectivity index (χ1n) is 19.2. The predicted molar refractivity (Wildman–Crippen MR) is 243 cm³/mol. The molecule has 0 heterocycles. The Morgan fingerprint density at radius 2 is 0.853 bits per heavy atom. The van der Waals surface area contributed by atoms with Gasteiger partial charge in [-0.05, 0) is 124 Å². The number of azo groups is 2. The molecule has 14 nitrogen and oxygen atoms in total. The topological polar surface area (TPSA) is 200 Å². The maximum Gasteiger partial charge on any atom is 0.416 e. The Morgan fingerprint density at radius 3 is 1.18 bits per heavy atom. The van der Waals surface area contributed by atoms with Gasteiger partial charge in [-0.2, -0.15) is 46.8 Å². The number of hydrogen-bond acceptors (Lipinski definition) is 10. The van der Waals surface area contributed by atoms with E-state index in [9.17, 15) is 55.1 Å². The summed E-state index contributed by atoms with van der Waals surface area (Å²) in [5, 5.41) is 24.6. The molecule has 0 saturated heterocycles. The second-order valence-corrected chi connectivity index (χ2v) is 16.2. The molecule has 5 rings (SSSR count). The fourth-order valence-electron chi connectivity index (χ4n) is 5.89. The van der Waals surface area contributed by atoms with Gasteiger partial charge in [-0.25, -0.2) is 0 Å². The minimum atomic E-state index is -4.74. The highest BCUT2D eigenvalue weighted by Crippen LogP contribution is 2.36. The van der Waals surface area contributed by atoms with E-state index < -0.39 is 70.8 Å². The number of carbonyl (C=O) groups is 6. The van der Waals surface area contributed by atoms with E-state index in [0.717, 1.165) is 38.1 Å². The number of rotatable bonds is 14. The van der Waals surface area contributed by atoms with Gasteiger partial charge >= 0.3 is 12.4 Å². The van der Waals surface area contributed by atoms with Crippen LogP contribution >= 0.6 is 46.4 Å². The number of carbonyl (C=O) groups excluding carboxylic acids is 6. The molecular formula is C44H32Cl4F6N8O6. The molecule has 0 saturated carbocycles. The summed E-state index contributed by atoms with van der Waals surface area (Å²) in [7, 11) is 0. The van der Waals surface area contributed by atoms with E-state index in [2.05, 4.69) is 41.7 Å². The second-order valence-electron chi connectivity index (χ2n) is 14.5. The van der Waals surface area contributed by atoms with Crippen molar-refractivity contribution in [3.05, 3.63) is 138 Å². The van der Waals surface area contributed by atoms with Crippen molar-refractivity contribution in [1.29, 1.82) is 0 Å². The van der Waals surface area contributed by atoms with Gasteiger partial charge in [0.2, 0.25) is 12.1 Å². The van der Waals surface area contributed by atoms with E-state index in [1.54, 1.807) is 13.8 Å². The molecule has 0 fully saturated rings. The summed E-state index contributed by atoms with van der Waals surface area (Å²) in [5.74, 6) is -5.13. The normalized spacial score (nSPS) is 12.7. The molecule has 5 aromatic carbocycles. The van der Waals surface area contributed by atoms with E-state index in [-0.39, 0.29) is 65.3 Å². The summed E-state index contributed by atoms with van der Waals surface area (Å²) in [4.78, 5) is 77.9. The number of alkyl halides is 6. The Bertz CT molecular complexity index is 2740. The monoisotopic (exact) mass is 1020 g/mol. The van der Waals surface area contributed by atoms with Gasteiger partial charge in [-0.15, -0.1) is 0 Å². The summed E-state index contributed by atoms with van der Waals surface area (Å²) in [5.41, 5.74) is -2.13. The summed E-state index contributed by atoms with van der Waals surface area (Å²) < 4.78 is 79.7. The van der Waals surface area contributed by atoms with Crippen LogP contribution < -0.4 is 21.3 Å². The molecule has 0 aliphatic heterocycles. The van der Waals surface area contributed by atoms with Crippen LogP contribution in [0.25, 0.3) is 0 Å². The molecule has 4 amide bonds. The van der Waals surface area contributed by atoms with Crippen LogP contribution in [0.3, 0.4) is 0 Å². The fraction of sp³-hybridized carbons (Fsp3) is 0.182. The first kappa shape index (κ1) is 52.2. The molecule has 24 heteroatoms. The third kappa shape index (κ3) is 13.5. The van der Waals surface area contributed by atoms with Crippen molar-refractivity contribution in [2.24, 2.45) is 20.5 Å². The summed E-state index contributed by atoms with van der Waals surface area (Å²) in [6.45, 7) is 5.28. The molecule has 0 aromatic heterocycles. The van der Waals surface area contributed by atoms with Crippen LogP contribution in [0.4, 0.5) is 60.5 Å². The van der Waals surface area contributed by atoms with Gasteiger partial charge in [0.15, 0.2) is 11.6 Å². The van der Waals surface area contributed by atoms with E-state index >= 15 is 0 Å². The maximum absolute atomic E-state index is 13.4. The fourth-order valence-corrected chi connectivity index (χ4v) is 6.67. The van der Waals surface area contributed by atoms with Gasteiger partial charge in [0, 0.05) is 43.9 Å². The Hall–Kier alpha value is -6.74. The molecule has 0 aliphatic rings. The van der Waals surface area contributed by atoms with Gasteiger partial charge in [-0.3, -0.25) is 28.8 Å². The lowest BCUT2D eigenvalue weighted by atomic mass is 10.0. The number of hydrogen-bond donors (Lipinski definition) is 4. The zero-order valence-electron chi connectivity index (χ0n) is 35.3. The smallest absolute Gasteiger partial charge is 0.324 e. The molecule has 0 spiro atoms. The number of amides is 4. The van der Waals surface area contributed by atoms with E-state index in [1.807, 2.05) is 0 Å². The quantitative estimate of drug-likeness (QED) is 0.0484. The molecule has 5 aromatic rings. The van der Waals surface area contributed by atoms with Gasteiger partial charge in [0.1, 0.15) is 11.4 Å². The molecule has 0 aliphatic carbocycles. The Labute approximate surface area is 401 Å². The molecule has 68 heavy (non-hydrogen) atoms. The second kappa shape index (κ2) is 21.5. The lowest BCUT2D eigenvalue weighted by molar-refractivity contribution is -0.138. The van der Waals surface area contributed by atoms with Crippen LogP contribution in [0.5, 0.6) is 0 Å². The van der Waals surface area contributed by atoms with Gasteiger partial charge in [0.05, 0.1) is 21.2 Å². The number of benzene rings is 5. The van der Waals surface area contributed by atoms with Crippen molar-refractivity contribution in [2.75, 3.05) is 21.3 Å². The number of nitrogens with zero attached hydrogens (tertiary/aromatic N) is 4. The Balaban J connectivity index is 1.27. The average Bonchev–Trinajstić information content (AvgIpc) is 3.23. The summed E-state index contributed by atoms with van der Waals surface area (Å²) in [6, 6.07) is 11.5. The molecule has 2 unspecified atom stereocenters. The van der Waals surface area contributed by atoms with Crippen LogP contribution in [-0.2, 0) is 31.5 Å². The van der Waals surface area contributed by atoms with Crippen LogP contribution in [0, 0.1) is 13.8 Å². The molecule has 2 atom stereocenters. The highest BCUT2D eigenvalue weighted by atomic mass is 35.5. The largest absolute Gasteiger partial charge is 0.416 e. The molecule has 354 valence electrons. The van der Waals surface area contributed by atoms with Crippen LogP contribution in [0.15, 0.2) is 105 Å². The maximum atomic E-state index is 13.4. The summed E-state index contributed by atoms with van der Waals surface area (Å²) >= 11 is 24.1. The first-order valence-corrected chi connectivity index (χ1v) is 20.7. The lowest BCUT2D eigenvalue weighted by Gasteiger charge is -2.17. The van der Waals surface area contributed by atoms with E-state index in [1.165, 1.54) is 36.4 Å². The standard InChI is InChI=1S/C44H32Cl4F6N8O6/c1-19-20(2)34(58-42(68)38(22(4)64)62-60-36-12-24(6-8-32(36)48)40(66)56-30-16-26(44(52,53)54)14-28(46)18-30)10-9-33(19)57-41(67)37(21(3)63)61-59-35-11-23(5-7-31(35)47)39(65)55-29-15-25(43(49,50)51)13-27(45)17-29/h5-18,37-38H,1-4H3,(H,55,65)(H,56,66)(H,57,67)(H,58,68). The van der Waals surface area contributed by atoms with Crippen molar-refractivity contribution >= 4 is 116 Å². The van der Waals surface area contributed by atoms with Crippen LogP contribution in [-0.4, -0.2) is 47.3 Å². The van der Waals surface area contributed by atoms with Crippen molar-refractivity contribution in [3.63, 3.8) is 0 Å². The van der Waals surface area contributed by atoms with Crippen molar-refractivity contribution < 1.29 is 55.1 Å². The summed E-state index contributed by atoms with van der Waals surface area (Å²) in [6.07, 6.45) is -9.48. The van der Waals surface area contributed by atoms with Crippen molar-refractivity contribution in [2.45, 2.75) is 52.1 Å². The number of Topliss-reactive ketones (excluding diaryl/α,β-unsaturated/α-hetero) is 2. The van der Waals surface area contributed by atoms with Gasteiger partial charge in [-0.1, -0.05) is 46.4 Å². The van der Waals surface area contributed by atoms with E-state index in [0.29, 0.717) is 35.4 Å². The highest BCUT2D eigenvalue weighted by molar-refractivity contribution is 6.34. The minimum absolute atomic E-state index is 0.0586. The number of ketones is 2. The average molecular weight is 1020 g/mol. The predicted octanol–water partition coefficient (Wildman–Crippen LogP) is 12.8. The third-order valence-electron chi connectivity index (χ3n) is 9.51. The Kier molecular flexibility index (Phi) is 16.5. The minimum Gasteiger partial charge on any atom is -0.324 e. The molecular weight excluding hydrogens is 992 g/mol. The lowest BCUT2D eigenvalue weighted by Crippen LogP contribution is -2.33. The highest BCUT2D eigenvalue weighted by Gasteiger charge is 2.33. The van der Waals surface area contributed by atoms with Crippen LogP contribution in [0.2, 0.25) is 20.1 Å². The number of anilines is 4. The van der Waals surface area contributed by atoms with Crippen LogP contribution in [0.1, 0.15) is 56.8 Å². The van der Waals surface area contributed by atoms with Gasteiger partial charge in [0.25, 0.3) is 23.6 Å². The van der Waals surface area contributed by atoms with E-state index in [4.69, 9.17) is 46.4 Å². The zero-order chi connectivity index (χ0) is 50.4. The van der Waals surface area contributed by atoms with Crippen molar-refractivity contribution in [1.82, 2.24) is 0 Å². The van der Waals surface area contributed by atoms with Gasteiger partial charge < -0.3 is 21.3 Å². The molecule has 0 bridgehead atoms. The molecule has 0 radical (unpaired) electrons. The third-order valence-corrected chi connectivity index (χ3v) is 10.6. The van der Waals surface area contributed by atoms with Crippen molar-refractivity contribution in [3.8, 4) is 0 Å². The number of halogens is 10. The Morgan fingerprint density at radius 1 is 0.500 bits per heavy atom. The SMILES string of the molecule is CC(=O)C(N=Nc1cc(C(=O)Nc2cc(Cl)cc(C(F)(F)F)c2)ccc1Cl)C(=O)Nc1ccc(NC(=O)C(N=Nc2cc(C(=O)Nc3cc(Cl)cc(C(F)(F)F)c3)ccc2Cl)C(C)=O)c(C)c1C. The molecule has 4 N–H and O–H groups in total.